The highest BCUT2D eigenvalue weighted by molar-refractivity contribution is 6.26. The molecular formula is C20H16O3. The zero-order valence-electron chi connectivity index (χ0n) is 13.1. The summed E-state index contributed by atoms with van der Waals surface area (Å²) in [6.07, 6.45) is 0.195. The zero-order valence-corrected chi connectivity index (χ0v) is 13.1. The number of hydrogen-bond acceptors (Lipinski definition) is 3. The molecule has 1 heterocycles. The van der Waals surface area contributed by atoms with Crippen LogP contribution in [0, 0.1) is 13.8 Å². The minimum Gasteiger partial charge on any atom is -0.481 e. The Labute approximate surface area is 134 Å². The van der Waals surface area contributed by atoms with E-state index >= 15 is 0 Å². The van der Waals surface area contributed by atoms with E-state index < -0.39 is 0 Å². The van der Waals surface area contributed by atoms with Crippen molar-refractivity contribution >= 4 is 11.6 Å². The second-order valence-electron chi connectivity index (χ2n) is 6.18. The maximum Gasteiger partial charge on any atom is 0.228 e. The van der Waals surface area contributed by atoms with Gasteiger partial charge in [-0.15, -0.1) is 0 Å². The fourth-order valence-electron chi connectivity index (χ4n) is 3.44. The van der Waals surface area contributed by atoms with Crippen molar-refractivity contribution < 1.29 is 14.3 Å². The monoisotopic (exact) mass is 304 g/mol. The molecule has 0 fully saturated rings. The van der Waals surface area contributed by atoms with Crippen LogP contribution in [0.25, 0.3) is 0 Å². The number of aryl methyl sites for hydroxylation is 2. The van der Waals surface area contributed by atoms with E-state index in [9.17, 15) is 9.59 Å². The average Bonchev–Trinajstić information content (AvgIpc) is 2.98. The summed E-state index contributed by atoms with van der Waals surface area (Å²) in [5.74, 6) is -0.0244. The standard InChI is InChI=1S/C20H16O3/c1-11-7-8-13(12(2)9-11)17-10-16-18(21)14-5-3-4-6-15(14)19(22)20(16)23-17/h3-9,17H,10H2,1-2H3. The van der Waals surface area contributed by atoms with Gasteiger partial charge in [0.15, 0.2) is 11.5 Å². The molecule has 3 heteroatoms. The second-order valence-corrected chi connectivity index (χ2v) is 6.18. The van der Waals surface area contributed by atoms with E-state index in [-0.39, 0.29) is 23.4 Å². The fraction of sp³-hybridized carbons (Fsp3) is 0.200. The zero-order chi connectivity index (χ0) is 16.1. The van der Waals surface area contributed by atoms with Crippen LogP contribution in [-0.2, 0) is 4.74 Å². The van der Waals surface area contributed by atoms with Crippen LogP contribution in [0.3, 0.4) is 0 Å². The van der Waals surface area contributed by atoms with E-state index in [1.165, 1.54) is 5.56 Å². The van der Waals surface area contributed by atoms with Crippen molar-refractivity contribution in [3.8, 4) is 0 Å². The molecule has 3 nitrogen and oxygen atoms in total. The molecule has 1 aliphatic carbocycles. The summed E-state index contributed by atoms with van der Waals surface area (Å²) in [6, 6.07) is 13.1. The first-order valence-electron chi connectivity index (χ1n) is 7.71. The number of Topliss-reactive ketones (excluding diaryl/α,β-unsaturated/α-hetero) is 2. The average molecular weight is 304 g/mol. The van der Waals surface area contributed by atoms with Gasteiger partial charge in [-0.05, 0) is 25.0 Å². The Hall–Kier alpha value is -2.68. The molecule has 0 amide bonds. The number of benzene rings is 2. The van der Waals surface area contributed by atoms with Crippen molar-refractivity contribution in [3.05, 3.63) is 81.6 Å². The lowest BCUT2D eigenvalue weighted by Crippen LogP contribution is -2.19. The Kier molecular flexibility index (Phi) is 2.98. The maximum absolute atomic E-state index is 12.7. The molecule has 1 atom stereocenters. The van der Waals surface area contributed by atoms with Gasteiger partial charge >= 0.3 is 0 Å². The van der Waals surface area contributed by atoms with Gasteiger partial charge in [0.2, 0.25) is 5.78 Å². The summed E-state index contributed by atoms with van der Waals surface area (Å²) in [4.78, 5) is 25.3. The maximum atomic E-state index is 12.7. The van der Waals surface area contributed by atoms with Crippen LogP contribution in [0.5, 0.6) is 0 Å². The van der Waals surface area contributed by atoms with E-state index in [0.29, 0.717) is 23.1 Å². The van der Waals surface area contributed by atoms with Crippen molar-refractivity contribution in [2.45, 2.75) is 26.4 Å². The molecule has 2 aromatic carbocycles. The predicted molar refractivity (Wildman–Crippen MR) is 86.5 cm³/mol. The molecule has 0 saturated carbocycles. The van der Waals surface area contributed by atoms with Crippen LogP contribution in [0.15, 0.2) is 53.8 Å². The molecule has 2 aliphatic rings. The number of hydrogen-bond donors (Lipinski definition) is 0. The number of allylic oxidation sites excluding steroid dienone is 1. The molecular weight excluding hydrogens is 288 g/mol. The third kappa shape index (κ3) is 2.04. The Morgan fingerprint density at radius 3 is 2.35 bits per heavy atom. The lowest BCUT2D eigenvalue weighted by molar-refractivity contribution is 0.0839. The SMILES string of the molecule is Cc1ccc(C2CC3=C(O2)C(=O)c2ccccc2C3=O)c(C)c1. The van der Waals surface area contributed by atoms with Crippen molar-refractivity contribution in [1.82, 2.24) is 0 Å². The molecule has 0 saturated heterocycles. The Morgan fingerprint density at radius 2 is 1.65 bits per heavy atom. The van der Waals surface area contributed by atoms with Crippen molar-refractivity contribution in [1.29, 1.82) is 0 Å². The molecule has 0 bridgehead atoms. The Balaban J connectivity index is 1.73. The largest absolute Gasteiger partial charge is 0.481 e. The predicted octanol–water partition coefficient (Wildman–Crippen LogP) is 4.10. The van der Waals surface area contributed by atoms with Crippen molar-refractivity contribution in [3.63, 3.8) is 0 Å². The van der Waals surface area contributed by atoms with E-state index in [2.05, 4.69) is 6.07 Å². The molecule has 23 heavy (non-hydrogen) atoms. The van der Waals surface area contributed by atoms with Gasteiger partial charge in [-0.25, -0.2) is 0 Å². The van der Waals surface area contributed by atoms with Crippen LogP contribution in [0.1, 0.15) is 49.9 Å². The van der Waals surface area contributed by atoms with Gasteiger partial charge < -0.3 is 4.74 Å². The molecule has 2 aromatic rings. The summed E-state index contributed by atoms with van der Waals surface area (Å²) in [5.41, 5.74) is 4.78. The molecule has 0 aromatic heterocycles. The van der Waals surface area contributed by atoms with E-state index in [0.717, 1.165) is 11.1 Å². The molecule has 0 N–H and O–H groups in total. The number of rotatable bonds is 1. The van der Waals surface area contributed by atoms with Crippen LogP contribution < -0.4 is 0 Å². The lowest BCUT2D eigenvalue weighted by Gasteiger charge is -2.16. The highest BCUT2D eigenvalue weighted by atomic mass is 16.5. The summed E-state index contributed by atoms with van der Waals surface area (Å²) in [5, 5.41) is 0. The lowest BCUT2D eigenvalue weighted by atomic mass is 9.86. The van der Waals surface area contributed by atoms with Gasteiger partial charge in [-0.2, -0.15) is 0 Å². The molecule has 1 aliphatic heterocycles. The minimum absolute atomic E-state index is 0.0811. The quantitative estimate of drug-likeness (QED) is 0.796. The number of ketones is 2. The van der Waals surface area contributed by atoms with Gasteiger partial charge in [-0.1, -0.05) is 48.0 Å². The highest BCUT2D eigenvalue weighted by Gasteiger charge is 2.40. The Bertz CT molecular complexity index is 843. The summed E-state index contributed by atoms with van der Waals surface area (Å²) >= 11 is 0. The Morgan fingerprint density at radius 1 is 0.957 bits per heavy atom. The highest BCUT2D eigenvalue weighted by Crippen LogP contribution is 2.42. The van der Waals surface area contributed by atoms with Gasteiger partial charge in [-0.3, -0.25) is 9.59 Å². The van der Waals surface area contributed by atoms with Crippen LogP contribution in [0.4, 0.5) is 0 Å². The first kappa shape index (κ1) is 13.9. The fourth-order valence-corrected chi connectivity index (χ4v) is 3.44. The third-order valence-electron chi connectivity index (χ3n) is 4.59. The number of carbonyl (C=O) groups is 2. The summed E-state index contributed by atoms with van der Waals surface area (Å²) < 4.78 is 5.92. The first-order chi connectivity index (χ1) is 11.1. The number of fused-ring (bicyclic) bond motifs is 1. The first-order valence-corrected chi connectivity index (χ1v) is 7.71. The van der Waals surface area contributed by atoms with Crippen molar-refractivity contribution in [2.75, 3.05) is 0 Å². The molecule has 114 valence electrons. The second kappa shape index (κ2) is 4.92. The number of ether oxygens (including phenoxy) is 1. The summed E-state index contributed by atoms with van der Waals surface area (Å²) in [6.45, 7) is 4.07. The van der Waals surface area contributed by atoms with Gasteiger partial charge in [0, 0.05) is 17.5 Å². The van der Waals surface area contributed by atoms with Gasteiger partial charge in [0.1, 0.15) is 6.10 Å². The van der Waals surface area contributed by atoms with E-state index in [1.807, 2.05) is 26.0 Å². The van der Waals surface area contributed by atoms with Crippen LogP contribution in [0.2, 0.25) is 0 Å². The van der Waals surface area contributed by atoms with E-state index in [4.69, 9.17) is 4.74 Å². The van der Waals surface area contributed by atoms with Gasteiger partial charge in [0.05, 0.1) is 5.57 Å². The van der Waals surface area contributed by atoms with Gasteiger partial charge in [0.25, 0.3) is 0 Å². The molecule has 0 spiro atoms. The third-order valence-corrected chi connectivity index (χ3v) is 4.59. The van der Waals surface area contributed by atoms with Crippen LogP contribution in [-0.4, -0.2) is 11.6 Å². The normalized spacial score (nSPS) is 19.5. The molecule has 1 unspecified atom stereocenters. The van der Waals surface area contributed by atoms with E-state index in [1.54, 1.807) is 24.3 Å². The smallest absolute Gasteiger partial charge is 0.228 e. The topological polar surface area (TPSA) is 43.4 Å². The minimum atomic E-state index is -0.261. The van der Waals surface area contributed by atoms with Crippen LogP contribution >= 0.6 is 0 Å². The summed E-state index contributed by atoms with van der Waals surface area (Å²) in [7, 11) is 0. The van der Waals surface area contributed by atoms with Crippen molar-refractivity contribution in [2.24, 2.45) is 0 Å². The number of carbonyl (C=O) groups excluding carboxylic acids is 2. The molecule has 4 rings (SSSR count). The molecule has 0 radical (unpaired) electrons.